The molecule has 2 saturated heterocycles. The van der Waals surface area contributed by atoms with Gasteiger partial charge < -0.3 is 14.4 Å². The standard InChI is InChI=1S/C18H20N2O4S2/c1-23-14-4-2-13(3-5-14)12-15-17(22)20(18(25)26-15)7-6-16(21)19-8-10-24-11-9-19/h2-5,12H,6-11H2,1H3/b15-12+. The number of hydrogen-bond acceptors (Lipinski definition) is 6. The quantitative estimate of drug-likeness (QED) is 0.565. The lowest BCUT2D eigenvalue weighted by atomic mass is 10.2. The van der Waals surface area contributed by atoms with Crippen molar-refractivity contribution in [3.8, 4) is 5.75 Å². The largest absolute Gasteiger partial charge is 0.497 e. The Morgan fingerprint density at radius 2 is 2.00 bits per heavy atom. The summed E-state index contributed by atoms with van der Waals surface area (Å²) in [6.07, 6.45) is 2.07. The SMILES string of the molecule is COc1ccc(/C=C2/SC(=S)N(CCC(=O)N3CCOCC3)C2=O)cc1. The summed E-state index contributed by atoms with van der Waals surface area (Å²) < 4.78 is 10.9. The third-order valence-electron chi connectivity index (χ3n) is 4.20. The molecule has 0 unspecified atom stereocenters. The summed E-state index contributed by atoms with van der Waals surface area (Å²) in [4.78, 5) is 28.7. The van der Waals surface area contributed by atoms with Gasteiger partial charge in [0.25, 0.3) is 5.91 Å². The molecule has 0 bridgehead atoms. The van der Waals surface area contributed by atoms with Crippen molar-refractivity contribution in [3.63, 3.8) is 0 Å². The average molecular weight is 393 g/mol. The topological polar surface area (TPSA) is 59.1 Å². The number of hydrogen-bond donors (Lipinski definition) is 0. The number of morpholine rings is 1. The Hall–Kier alpha value is -1.90. The molecular formula is C18H20N2O4S2. The predicted molar refractivity (Wildman–Crippen MR) is 105 cm³/mol. The summed E-state index contributed by atoms with van der Waals surface area (Å²) in [5, 5.41) is 0. The first-order valence-electron chi connectivity index (χ1n) is 8.33. The molecular weight excluding hydrogens is 372 g/mol. The monoisotopic (exact) mass is 392 g/mol. The highest BCUT2D eigenvalue weighted by atomic mass is 32.2. The van der Waals surface area contributed by atoms with Crippen molar-refractivity contribution in [1.82, 2.24) is 9.80 Å². The molecule has 1 aromatic rings. The number of nitrogens with zero attached hydrogens (tertiary/aromatic N) is 2. The van der Waals surface area contributed by atoms with E-state index in [1.807, 2.05) is 30.3 Å². The van der Waals surface area contributed by atoms with Crippen molar-refractivity contribution >= 4 is 46.2 Å². The van der Waals surface area contributed by atoms with Gasteiger partial charge in [0.1, 0.15) is 10.1 Å². The minimum absolute atomic E-state index is 0.0292. The van der Waals surface area contributed by atoms with Crippen LogP contribution in [0, 0.1) is 0 Å². The summed E-state index contributed by atoms with van der Waals surface area (Å²) in [7, 11) is 1.61. The molecule has 6 nitrogen and oxygen atoms in total. The number of carbonyl (C=O) groups excluding carboxylic acids is 2. The van der Waals surface area contributed by atoms with Gasteiger partial charge in [-0.3, -0.25) is 14.5 Å². The third-order valence-corrected chi connectivity index (χ3v) is 5.58. The van der Waals surface area contributed by atoms with Crippen LogP contribution in [-0.4, -0.2) is 65.9 Å². The van der Waals surface area contributed by atoms with Gasteiger partial charge in [0.2, 0.25) is 5.91 Å². The number of ether oxygens (including phenoxy) is 2. The summed E-state index contributed by atoms with van der Waals surface area (Å²) in [6.45, 7) is 2.65. The van der Waals surface area contributed by atoms with E-state index in [9.17, 15) is 9.59 Å². The van der Waals surface area contributed by atoms with Gasteiger partial charge in [0, 0.05) is 26.1 Å². The zero-order chi connectivity index (χ0) is 18.5. The van der Waals surface area contributed by atoms with Crippen LogP contribution in [0.4, 0.5) is 0 Å². The highest BCUT2D eigenvalue weighted by Crippen LogP contribution is 2.32. The van der Waals surface area contributed by atoms with Crippen LogP contribution in [0.2, 0.25) is 0 Å². The van der Waals surface area contributed by atoms with Crippen molar-refractivity contribution in [2.24, 2.45) is 0 Å². The molecule has 0 spiro atoms. The van der Waals surface area contributed by atoms with E-state index < -0.39 is 0 Å². The Bertz CT molecular complexity index is 727. The van der Waals surface area contributed by atoms with Gasteiger partial charge in [-0.05, 0) is 23.8 Å². The van der Waals surface area contributed by atoms with Gasteiger partial charge in [-0.25, -0.2) is 0 Å². The molecule has 0 saturated carbocycles. The lowest BCUT2D eigenvalue weighted by Crippen LogP contribution is -2.42. The normalized spacial score (nSPS) is 19.3. The maximum Gasteiger partial charge on any atom is 0.266 e. The molecule has 2 heterocycles. The van der Waals surface area contributed by atoms with Crippen LogP contribution < -0.4 is 4.74 Å². The number of thiocarbonyl (C=S) groups is 1. The van der Waals surface area contributed by atoms with Crippen molar-refractivity contribution < 1.29 is 19.1 Å². The molecule has 0 aliphatic carbocycles. The second-order valence-corrected chi connectivity index (χ2v) is 7.53. The lowest BCUT2D eigenvalue weighted by Gasteiger charge is -2.27. The van der Waals surface area contributed by atoms with E-state index in [0.717, 1.165) is 11.3 Å². The maximum absolute atomic E-state index is 12.6. The number of rotatable bonds is 5. The molecule has 0 atom stereocenters. The first-order chi connectivity index (χ1) is 12.6. The van der Waals surface area contributed by atoms with Crippen molar-refractivity contribution in [1.29, 1.82) is 0 Å². The first-order valence-corrected chi connectivity index (χ1v) is 9.56. The number of amides is 2. The van der Waals surface area contributed by atoms with E-state index in [2.05, 4.69) is 0 Å². The van der Waals surface area contributed by atoms with E-state index in [1.165, 1.54) is 16.7 Å². The molecule has 8 heteroatoms. The molecule has 0 aromatic heterocycles. The zero-order valence-electron chi connectivity index (χ0n) is 14.5. The number of carbonyl (C=O) groups is 2. The number of thioether (sulfide) groups is 1. The Balaban J connectivity index is 1.60. The van der Waals surface area contributed by atoms with Crippen LogP contribution in [0.25, 0.3) is 6.08 Å². The fourth-order valence-corrected chi connectivity index (χ4v) is 4.03. The molecule has 138 valence electrons. The molecule has 0 radical (unpaired) electrons. The van der Waals surface area contributed by atoms with Crippen LogP contribution in [0.15, 0.2) is 29.2 Å². The van der Waals surface area contributed by atoms with E-state index in [1.54, 1.807) is 12.0 Å². The fraction of sp³-hybridized carbons (Fsp3) is 0.389. The van der Waals surface area contributed by atoms with Crippen LogP contribution in [-0.2, 0) is 14.3 Å². The second-order valence-electron chi connectivity index (χ2n) is 5.85. The van der Waals surface area contributed by atoms with Crippen LogP contribution in [0.5, 0.6) is 5.75 Å². The molecule has 2 fully saturated rings. The smallest absolute Gasteiger partial charge is 0.266 e. The molecule has 1 aromatic carbocycles. The Kier molecular flexibility index (Phi) is 6.29. The second kappa shape index (κ2) is 8.66. The Morgan fingerprint density at radius 1 is 1.31 bits per heavy atom. The third kappa shape index (κ3) is 4.44. The molecule has 3 rings (SSSR count). The van der Waals surface area contributed by atoms with E-state index in [0.29, 0.717) is 42.1 Å². The van der Waals surface area contributed by atoms with Crippen molar-refractivity contribution in [2.45, 2.75) is 6.42 Å². The summed E-state index contributed by atoms with van der Waals surface area (Å²) in [6, 6.07) is 7.45. The lowest BCUT2D eigenvalue weighted by molar-refractivity contribution is -0.135. The molecule has 2 aliphatic rings. The maximum atomic E-state index is 12.6. The van der Waals surface area contributed by atoms with Gasteiger partial charge in [-0.2, -0.15) is 0 Å². The van der Waals surface area contributed by atoms with Gasteiger partial charge in [0.15, 0.2) is 0 Å². The van der Waals surface area contributed by atoms with E-state index in [4.69, 9.17) is 21.7 Å². The minimum atomic E-state index is -0.148. The minimum Gasteiger partial charge on any atom is -0.497 e. The van der Waals surface area contributed by atoms with Crippen LogP contribution in [0.3, 0.4) is 0 Å². The van der Waals surface area contributed by atoms with Gasteiger partial charge in [-0.1, -0.05) is 36.1 Å². The van der Waals surface area contributed by atoms with Gasteiger partial charge in [0.05, 0.1) is 25.2 Å². The number of methoxy groups -OCH3 is 1. The van der Waals surface area contributed by atoms with Crippen molar-refractivity contribution in [3.05, 3.63) is 34.7 Å². The summed E-state index contributed by atoms with van der Waals surface area (Å²) in [5.74, 6) is 0.642. The Morgan fingerprint density at radius 3 is 2.65 bits per heavy atom. The predicted octanol–water partition coefficient (Wildman–Crippen LogP) is 2.15. The van der Waals surface area contributed by atoms with Gasteiger partial charge in [-0.15, -0.1) is 0 Å². The van der Waals surface area contributed by atoms with Gasteiger partial charge >= 0.3 is 0 Å². The fourth-order valence-electron chi connectivity index (χ4n) is 2.72. The molecule has 2 amide bonds. The Labute approximate surface area is 162 Å². The molecule has 0 N–H and O–H groups in total. The van der Waals surface area contributed by atoms with Crippen molar-refractivity contribution in [2.75, 3.05) is 40.0 Å². The zero-order valence-corrected chi connectivity index (χ0v) is 16.1. The van der Waals surface area contributed by atoms with E-state index in [-0.39, 0.29) is 18.2 Å². The van der Waals surface area contributed by atoms with Crippen LogP contribution in [0.1, 0.15) is 12.0 Å². The summed E-state index contributed by atoms with van der Waals surface area (Å²) in [5.41, 5.74) is 0.899. The first kappa shape index (κ1) is 18.9. The van der Waals surface area contributed by atoms with Crippen LogP contribution >= 0.6 is 24.0 Å². The molecule has 2 aliphatic heterocycles. The summed E-state index contributed by atoms with van der Waals surface area (Å²) >= 11 is 6.59. The highest BCUT2D eigenvalue weighted by molar-refractivity contribution is 8.26. The average Bonchev–Trinajstić information content (AvgIpc) is 2.94. The molecule has 26 heavy (non-hydrogen) atoms. The van der Waals surface area contributed by atoms with E-state index >= 15 is 0 Å². The number of benzene rings is 1. The highest BCUT2D eigenvalue weighted by Gasteiger charge is 2.32.